The van der Waals surface area contributed by atoms with E-state index in [1.807, 2.05) is 6.92 Å². The molecule has 1 aliphatic rings. The molecule has 23 heavy (non-hydrogen) atoms. The Morgan fingerprint density at radius 2 is 1.65 bits per heavy atom. The van der Waals surface area contributed by atoms with Crippen LogP contribution in [0.5, 0.6) is 0 Å². The van der Waals surface area contributed by atoms with Gasteiger partial charge in [-0.15, -0.1) is 0 Å². The lowest BCUT2D eigenvalue weighted by Crippen LogP contribution is -2.55. The molecule has 0 radical (unpaired) electrons. The van der Waals surface area contributed by atoms with Crippen LogP contribution in [0.2, 0.25) is 0 Å². The maximum Gasteiger partial charge on any atom is 0.332 e. The first-order chi connectivity index (χ1) is 10.7. The van der Waals surface area contributed by atoms with E-state index < -0.39 is 26.5 Å². The maximum atomic E-state index is 12.7. The van der Waals surface area contributed by atoms with Gasteiger partial charge in [0.1, 0.15) is 5.49 Å². The van der Waals surface area contributed by atoms with E-state index in [9.17, 15) is 18.0 Å². The van der Waals surface area contributed by atoms with Crippen molar-refractivity contribution in [3.05, 3.63) is 61.4 Å². The van der Waals surface area contributed by atoms with Gasteiger partial charge in [0.2, 0.25) is 9.84 Å². The molecule has 1 aromatic heterocycles. The average Bonchev–Trinajstić information content (AvgIpc) is 2.97. The quantitative estimate of drug-likeness (QED) is 0.676. The standard InChI is InChI=1S/C15H15N3O4S/c1-9-4-6-10(7-5-9)23(21,22)12-8-11-13(16-12)17(2)15(20)18(3)14(11)19/h4-8,12H,1-3H3. The lowest BCUT2D eigenvalue weighted by Gasteiger charge is -2.07. The molecule has 1 atom stereocenters. The fourth-order valence-corrected chi connectivity index (χ4v) is 3.84. The smallest absolute Gasteiger partial charge is 0.281 e. The summed E-state index contributed by atoms with van der Waals surface area (Å²) in [6.45, 7) is 1.86. The summed E-state index contributed by atoms with van der Waals surface area (Å²) >= 11 is 0. The second-order valence-electron chi connectivity index (χ2n) is 5.49. The molecular formula is C15H15N3O4S. The van der Waals surface area contributed by atoms with Crippen molar-refractivity contribution in [1.82, 2.24) is 9.13 Å². The summed E-state index contributed by atoms with van der Waals surface area (Å²) in [5, 5.41) is -1.07. The van der Waals surface area contributed by atoms with Crippen molar-refractivity contribution in [3.63, 3.8) is 0 Å². The molecule has 0 amide bonds. The van der Waals surface area contributed by atoms with Gasteiger partial charge in [-0.25, -0.2) is 18.2 Å². The van der Waals surface area contributed by atoms with Crippen LogP contribution in [0.15, 0.2) is 43.7 Å². The Morgan fingerprint density at radius 1 is 1.04 bits per heavy atom. The predicted octanol–water partition coefficient (Wildman–Crippen LogP) is -1.39. The van der Waals surface area contributed by atoms with E-state index in [2.05, 4.69) is 4.99 Å². The number of sulfone groups is 1. The summed E-state index contributed by atoms with van der Waals surface area (Å²) in [6.07, 6.45) is 1.30. The van der Waals surface area contributed by atoms with E-state index in [1.165, 1.54) is 36.9 Å². The number of hydrogen-bond donors (Lipinski definition) is 0. The third-order valence-electron chi connectivity index (χ3n) is 3.89. The van der Waals surface area contributed by atoms with E-state index in [1.54, 1.807) is 12.1 Å². The topological polar surface area (TPSA) is 90.5 Å². The van der Waals surface area contributed by atoms with Crippen molar-refractivity contribution in [2.45, 2.75) is 17.2 Å². The molecule has 2 aromatic rings. The molecule has 0 saturated carbocycles. The second-order valence-corrected chi connectivity index (χ2v) is 7.53. The Labute approximate surface area is 131 Å². The molecule has 0 saturated heterocycles. The van der Waals surface area contributed by atoms with Crippen LogP contribution >= 0.6 is 0 Å². The zero-order valence-electron chi connectivity index (χ0n) is 12.8. The number of fused-ring (bicyclic) bond motifs is 1. The van der Waals surface area contributed by atoms with Gasteiger partial charge in [-0.3, -0.25) is 13.9 Å². The minimum Gasteiger partial charge on any atom is -0.281 e. The van der Waals surface area contributed by atoms with Crippen LogP contribution in [0.4, 0.5) is 0 Å². The molecule has 8 heteroatoms. The molecule has 0 aliphatic carbocycles. The Hall–Kier alpha value is -2.48. The molecule has 1 aromatic carbocycles. The Balaban J connectivity index is 2.25. The van der Waals surface area contributed by atoms with E-state index in [-0.39, 0.29) is 15.6 Å². The molecule has 7 nitrogen and oxygen atoms in total. The first kappa shape index (κ1) is 15.4. The summed E-state index contributed by atoms with van der Waals surface area (Å²) in [6, 6.07) is 6.41. The average molecular weight is 333 g/mol. The number of aryl methyl sites for hydroxylation is 1. The highest BCUT2D eigenvalue weighted by Gasteiger charge is 2.28. The molecule has 3 rings (SSSR count). The van der Waals surface area contributed by atoms with Gasteiger partial charge in [-0.05, 0) is 25.1 Å². The van der Waals surface area contributed by atoms with Crippen LogP contribution in [0.25, 0.3) is 6.08 Å². The fourth-order valence-electron chi connectivity index (χ4n) is 2.49. The molecule has 0 N–H and O–H groups in total. The van der Waals surface area contributed by atoms with Crippen molar-refractivity contribution in [3.8, 4) is 0 Å². The molecule has 0 fully saturated rings. The molecular weight excluding hydrogens is 318 g/mol. The van der Waals surface area contributed by atoms with Crippen LogP contribution in [0.3, 0.4) is 0 Å². The van der Waals surface area contributed by atoms with Gasteiger partial charge >= 0.3 is 5.69 Å². The molecule has 0 bridgehead atoms. The molecule has 2 heterocycles. The largest absolute Gasteiger partial charge is 0.332 e. The number of hydrogen-bond acceptors (Lipinski definition) is 5. The van der Waals surface area contributed by atoms with Gasteiger partial charge in [0.15, 0.2) is 5.37 Å². The summed E-state index contributed by atoms with van der Waals surface area (Å²) in [5.41, 5.74) is -0.0534. The number of rotatable bonds is 2. The van der Waals surface area contributed by atoms with Gasteiger partial charge in [0, 0.05) is 14.1 Å². The van der Waals surface area contributed by atoms with Crippen LogP contribution in [-0.2, 0) is 23.9 Å². The van der Waals surface area contributed by atoms with Crippen molar-refractivity contribution >= 4 is 15.9 Å². The van der Waals surface area contributed by atoms with Gasteiger partial charge in [-0.2, -0.15) is 0 Å². The minimum atomic E-state index is -3.77. The zero-order chi connectivity index (χ0) is 16.9. The third kappa shape index (κ3) is 2.26. The third-order valence-corrected chi connectivity index (χ3v) is 5.70. The van der Waals surface area contributed by atoms with Gasteiger partial charge in [0.25, 0.3) is 5.56 Å². The summed E-state index contributed by atoms with van der Waals surface area (Å²) in [7, 11) is -0.963. The van der Waals surface area contributed by atoms with Crippen molar-refractivity contribution < 1.29 is 8.42 Å². The second kappa shape index (κ2) is 5.02. The number of nitrogens with zero attached hydrogens (tertiary/aromatic N) is 3. The highest BCUT2D eigenvalue weighted by molar-refractivity contribution is 7.92. The fraction of sp³-hybridized carbons (Fsp3) is 0.267. The molecule has 120 valence electrons. The molecule has 1 aliphatic heterocycles. The first-order valence-corrected chi connectivity index (χ1v) is 8.44. The molecule has 0 spiro atoms. The number of benzene rings is 1. The van der Waals surface area contributed by atoms with Crippen LogP contribution in [0.1, 0.15) is 5.56 Å². The summed E-state index contributed by atoms with van der Waals surface area (Å²) in [5.74, 6) is 0. The van der Waals surface area contributed by atoms with Crippen molar-refractivity contribution in [2.75, 3.05) is 0 Å². The monoisotopic (exact) mass is 333 g/mol. The van der Waals surface area contributed by atoms with Gasteiger partial charge in [-0.1, -0.05) is 17.7 Å². The van der Waals surface area contributed by atoms with Gasteiger partial charge in [0.05, 0.1) is 10.1 Å². The summed E-state index contributed by atoms with van der Waals surface area (Å²) in [4.78, 5) is 28.3. The predicted molar refractivity (Wildman–Crippen MR) is 84.3 cm³/mol. The first-order valence-electron chi connectivity index (χ1n) is 6.90. The van der Waals surface area contributed by atoms with E-state index in [4.69, 9.17) is 0 Å². The lowest BCUT2D eigenvalue weighted by atomic mass is 10.2. The highest BCUT2D eigenvalue weighted by Crippen LogP contribution is 2.19. The van der Waals surface area contributed by atoms with E-state index >= 15 is 0 Å². The zero-order valence-corrected chi connectivity index (χ0v) is 13.7. The Bertz CT molecular complexity index is 1140. The number of aromatic nitrogens is 2. The van der Waals surface area contributed by atoms with Crippen LogP contribution in [-0.4, -0.2) is 22.9 Å². The van der Waals surface area contributed by atoms with E-state index in [0.717, 1.165) is 10.1 Å². The van der Waals surface area contributed by atoms with E-state index in [0.29, 0.717) is 0 Å². The van der Waals surface area contributed by atoms with Crippen LogP contribution in [0, 0.1) is 6.92 Å². The summed E-state index contributed by atoms with van der Waals surface area (Å²) < 4.78 is 27.5. The minimum absolute atomic E-state index is 0.0961. The highest BCUT2D eigenvalue weighted by atomic mass is 32.2. The normalized spacial score (nSPS) is 16.6. The van der Waals surface area contributed by atoms with Gasteiger partial charge < -0.3 is 0 Å². The van der Waals surface area contributed by atoms with Crippen LogP contribution < -0.4 is 22.0 Å². The van der Waals surface area contributed by atoms with Crippen molar-refractivity contribution in [1.29, 1.82) is 0 Å². The maximum absolute atomic E-state index is 12.7. The Kier molecular flexibility index (Phi) is 3.36. The lowest BCUT2D eigenvalue weighted by molar-refractivity contribution is 0.590. The Morgan fingerprint density at radius 3 is 2.26 bits per heavy atom. The SMILES string of the molecule is Cc1ccc(S(=O)(=O)C2C=c3c(=O)n(C)c(=O)n(C)c3=N2)cc1. The molecule has 1 unspecified atom stereocenters. The van der Waals surface area contributed by atoms with Crippen molar-refractivity contribution in [2.24, 2.45) is 19.1 Å².